The SMILES string of the molecule is COCc1nc2c(o1)CCN(C(=O)[C@H]1[C@H]3C[C@H](CN(C)C3)c3cccc(=O)n31)C2. The van der Waals surface area contributed by atoms with Gasteiger partial charge in [0.15, 0.2) is 0 Å². The van der Waals surface area contributed by atoms with Crippen molar-refractivity contribution in [2.75, 3.05) is 33.8 Å². The first-order valence-electron chi connectivity index (χ1n) is 10.2. The molecule has 1 fully saturated rings. The fourth-order valence-electron chi connectivity index (χ4n) is 5.29. The van der Waals surface area contributed by atoms with E-state index < -0.39 is 6.04 Å². The minimum Gasteiger partial charge on any atom is -0.443 e. The third kappa shape index (κ3) is 3.11. The van der Waals surface area contributed by atoms with Crippen LogP contribution in [-0.4, -0.2) is 59.0 Å². The zero-order valence-electron chi connectivity index (χ0n) is 16.8. The van der Waals surface area contributed by atoms with Crippen molar-refractivity contribution in [3.8, 4) is 0 Å². The molecule has 2 bridgehead atoms. The molecule has 8 nitrogen and oxygen atoms in total. The molecule has 3 aliphatic rings. The van der Waals surface area contributed by atoms with Crippen LogP contribution in [0.1, 0.15) is 41.4 Å². The summed E-state index contributed by atoms with van der Waals surface area (Å²) in [7, 11) is 3.70. The standard InChI is InChI=1S/C21H26N4O4/c1-23-9-13-8-14(10-23)20(25-16(13)4-3-5-19(25)26)21(27)24-7-6-17-15(11-24)22-18(29-17)12-28-2/h3-5,13-14,20H,6-12H2,1-2H3/t13-,14+,20-/m1/s1. The van der Waals surface area contributed by atoms with E-state index in [0.29, 0.717) is 37.9 Å². The lowest BCUT2D eigenvalue weighted by Gasteiger charge is -2.46. The summed E-state index contributed by atoms with van der Waals surface area (Å²) in [4.78, 5) is 35.1. The summed E-state index contributed by atoms with van der Waals surface area (Å²) in [5, 5.41) is 0. The molecule has 5 heterocycles. The number of hydrogen-bond acceptors (Lipinski definition) is 6. The van der Waals surface area contributed by atoms with Gasteiger partial charge in [0.2, 0.25) is 11.8 Å². The van der Waals surface area contributed by atoms with E-state index in [1.165, 1.54) is 0 Å². The van der Waals surface area contributed by atoms with Crippen molar-refractivity contribution in [2.45, 2.75) is 38.0 Å². The molecule has 0 aromatic carbocycles. The van der Waals surface area contributed by atoms with Gasteiger partial charge in [-0.2, -0.15) is 0 Å². The van der Waals surface area contributed by atoms with Crippen LogP contribution in [0.5, 0.6) is 0 Å². The smallest absolute Gasteiger partial charge is 0.251 e. The van der Waals surface area contributed by atoms with Crippen LogP contribution < -0.4 is 5.56 Å². The molecule has 0 radical (unpaired) electrons. The van der Waals surface area contributed by atoms with Gasteiger partial charge in [-0.15, -0.1) is 0 Å². The summed E-state index contributed by atoms with van der Waals surface area (Å²) in [6.07, 6.45) is 1.58. The largest absolute Gasteiger partial charge is 0.443 e. The molecule has 0 N–H and O–H groups in total. The second kappa shape index (κ2) is 7.11. The van der Waals surface area contributed by atoms with Gasteiger partial charge in [0, 0.05) is 56.8 Å². The van der Waals surface area contributed by atoms with Crippen LogP contribution in [0.2, 0.25) is 0 Å². The molecule has 2 aromatic rings. The monoisotopic (exact) mass is 398 g/mol. The number of oxazole rings is 1. The first-order chi connectivity index (χ1) is 14.0. The molecular formula is C21H26N4O4. The average Bonchev–Trinajstić information content (AvgIpc) is 3.10. The Labute approximate surface area is 169 Å². The third-order valence-corrected chi connectivity index (χ3v) is 6.43. The van der Waals surface area contributed by atoms with E-state index in [1.54, 1.807) is 17.7 Å². The Morgan fingerprint density at radius 2 is 2.21 bits per heavy atom. The lowest BCUT2D eigenvalue weighted by Crippen LogP contribution is -2.53. The van der Waals surface area contributed by atoms with Crippen LogP contribution in [0.4, 0.5) is 0 Å². The van der Waals surface area contributed by atoms with Crippen molar-refractivity contribution in [3.05, 3.63) is 51.6 Å². The van der Waals surface area contributed by atoms with Gasteiger partial charge in [0.1, 0.15) is 24.1 Å². The number of likely N-dealkylation sites (tertiary alicyclic amines) is 1. The van der Waals surface area contributed by atoms with Crippen molar-refractivity contribution in [1.29, 1.82) is 0 Å². The summed E-state index contributed by atoms with van der Waals surface area (Å²) >= 11 is 0. The molecule has 1 saturated heterocycles. The highest BCUT2D eigenvalue weighted by Crippen LogP contribution is 2.41. The fraction of sp³-hybridized carbons (Fsp3) is 0.571. The number of carbonyl (C=O) groups is 1. The normalized spacial score (nSPS) is 26.1. The van der Waals surface area contributed by atoms with Gasteiger partial charge < -0.3 is 19.0 Å². The highest BCUT2D eigenvalue weighted by Gasteiger charge is 2.44. The molecule has 3 aliphatic heterocycles. The number of fused-ring (bicyclic) bond motifs is 5. The van der Waals surface area contributed by atoms with Crippen LogP contribution >= 0.6 is 0 Å². The number of piperidine rings is 1. The first kappa shape index (κ1) is 18.6. The van der Waals surface area contributed by atoms with Gasteiger partial charge in [-0.1, -0.05) is 6.07 Å². The van der Waals surface area contributed by atoms with Crippen LogP contribution in [0, 0.1) is 5.92 Å². The van der Waals surface area contributed by atoms with E-state index in [4.69, 9.17) is 9.15 Å². The van der Waals surface area contributed by atoms with Gasteiger partial charge >= 0.3 is 0 Å². The number of pyridine rings is 1. The van der Waals surface area contributed by atoms with Crippen molar-refractivity contribution >= 4 is 5.91 Å². The van der Waals surface area contributed by atoms with Crippen LogP contribution in [-0.2, 0) is 29.1 Å². The molecule has 5 rings (SSSR count). The number of hydrogen-bond donors (Lipinski definition) is 0. The van der Waals surface area contributed by atoms with E-state index in [-0.39, 0.29) is 17.4 Å². The lowest BCUT2D eigenvalue weighted by atomic mass is 9.78. The number of carbonyl (C=O) groups excluding carboxylic acids is 1. The fourth-order valence-corrected chi connectivity index (χ4v) is 5.29. The second-order valence-corrected chi connectivity index (χ2v) is 8.44. The zero-order valence-corrected chi connectivity index (χ0v) is 16.8. The number of ether oxygens (including phenoxy) is 1. The molecule has 0 unspecified atom stereocenters. The Hall–Kier alpha value is -2.45. The molecule has 0 saturated carbocycles. The van der Waals surface area contributed by atoms with Crippen molar-refractivity contribution in [2.24, 2.45) is 5.92 Å². The summed E-state index contributed by atoms with van der Waals surface area (Å²) in [5.41, 5.74) is 1.70. The van der Waals surface area contributed by atoms with Gasteiger partial charge in [-0.3, -0.25) is 14.2 Å². The van der Waals surface area contributed by atoms with Crippen LogP contribution in [0.25, 0.3) is 0 Å². The Balaban J connectivity index is 1.47. The zero-order chi connectivity index (χ0) is 20.1. The Morgan fingerprint density at radius 3 is 3.03 bits per heavy atom. The minimum atomic E-state index is -0.454. The predicted molar refractivity (Wildman–Crippen MR) is 104 cm³/mol. The van der Waals surface area contributed by atoms with Gasteiger partial charge in [0.05, 0.1) is 6.54 Å². The van der Waals surface area contributed by atoms with Gasteiger partial charge in [-0.25, -0.2) is 4.98 Å². The Bertz CT molecular complexity index is 997. The lowest BCUT2D eigenvalue weighted by molar-refractivity contribution is -0.139. The summed E-state index contributed by atoms with van der Waals surface area (Å²) in [6, 6.07) is 4.93. The second-order valence-electron chi connectivity index (χ2n) is 8.44. The molecule has 1 amide bonds. The quantitative estimate of drug-likeness (QED) is 0.772. The number of likely N-dealkylation sites (N-methyl/N-ethyl adjacent to an activating group) is 1. The molecule has 8 heteroatoms. The maximum Gasteiger partial charge on any atom is 0.251 e. The Kier molecular flexibility index (Phi) is 4.55. The summed E-state index contributed by atoms with van der Waals surface area (Å²) in [6.45, 7) is 3.07. The molecular weight excluding hydrogens is 372 g/mol. The molecule has 29 heavy (non-hydrogen) atoms. The number of amides is 1. The minimum absolute atomic E-state index is 0.0141. The topological polar surface area (TPSA) is 80.8 Å². The molecule has 2 aromatic heterocycles. The van der Waals surface area contributed by atoms with Gasteiger partial charge in [0.25, 0.3) is 5.56 Å². The molecule has 0 spiro atoms. The van der Waals surface area contributed by atoms with Crippen molar-refractivity contribution < 1.29 is 13.9 Å². The number of rotatable bonds is 3. The third-order valence-electron chi connectivity index (χ3n) is 6.43. The van der Waals surface area contributed by atoms with E-state index in [1.807, 2.05) is 17.0 Å². The number of nitrogens with zero attached hydrogens (tertiary/aromatic N) is 4. The predicted octanol–water partition coefficient (Wildman–Crippen LogP) is 1.16. The van der Waals surface area contributed by atoms with Crippen LogP contribution in [0.15, 0.2) is 27.4 Å². The van der Waals surface area contributed by atoms with Crippen molar-refractivity contribution in [3.63, 3.8) is 0 Å². The van der Waals surface area contributed by atoms with E-state index in [0.717, 1.165) is 36.7 Å². The maximum atomic E-state index is 13.7. The summed E-state index contributed by atoms with van der Waals surface area (Å²) in [5.74, 6) is 1.83. The average molecular weight is 398 g/mol. The highest BCUT2D eigenvalue weighted by molar-refractivity contribution is 5.81. The van der Waals surface area contributed by atoms with E-state index in [2.05, 4.69) is 16.9 Å². The maximum absolute atomic E-state index is 13.7. The molecule has 154 valence electrons. The van der Waals surface area contributed by atoms with Crippen molar-refractivity contribution in [1.82, 2.24) is 19.4 Å². The van der Waals surface area contributed by atoms with Gasteiger partial charge in [-0.05, 0) is 19.5 Å². The summed E-state index contributed by atoms with van der Waals surface area (Å²) < 4.78 is 12.6. The molecule has 3 atom stereocenters. The number of aromatic nitrogens is 2. The number of methoxy groups -OCH3 is 1. The Morgan fingerprint density at radius 1 is 1.34 bits per heavy atom. The molecule has 0 aliphatic carbocycles. The van der Waals surface area contributed by atoms with Crippen LogP contribution in [0.3, 0.4) is 0 Å². The van der Waals surface area contributed by atoms with E-state index >= 15 is 0 Å². The first-order valence-corrected chi connectivity index (χ1v) is 10.2. The highest BCUT2D eigenvalue weighted by atomic mass is 16.5. The van der Waals surface area contributed by atoms with E-state index in [9.17, 15) is 9.59 Å².